The molecule has 1 aromatic carbocycles. The number of nitrogens with one attached hydrogen (secondary N) is 1. The number of carbonyl (C=O) groups is 1. The average molecular weight is 317 g/mol. The Morgan fingerprint density at radius 2 is 1.87 bits per heavy atom. The number of ether oxygens (including phenoxy) is 2. The first-order valence-electron chi connectivity index (χ1n) is 7.81. The zero-order valence-electron chi connectivity index (χ0n) is 14.0. The van der Waals surface area contributed by atoms with Crippen molar-refractivity contribution in [2.75, 3.05) is 18.5 Å². The summed E-state index contributed by atoms with van der Waals surface area (Å²) in [6.45, 7) is 8.86. The molecule has 0 aliphatic heterocycles. The first-order valence-corrected chi connectivity index (χ1v) is 7.81. The standard InChI is InChI=1S/C17H23N3O3/c1-5-22-14-8-7-13(11-15(14)23-6-2)17(21)19-16-9-10-18-20(16)12(3)4/h7-12H,5-6H2,1-4H3,(H,19,21). The molecule has 6 nitrogen and oxygen atoms in total. The second kappa shape index (κ2) is 7.67. The highest BCUT2D eigenvalue weighted by molar-refractivity contribution is 6.04. The number of anilines is 1. The normalized spacial score (nSPS) is 10.7. The fraction of sp³-hybridized carbons (Fsp3) is 0.412. The molecule has 0 radical (unpaired) electrons. The van der Waals surface area contributed by atoms with Crippen molar-refractivity contribution in [2.45, 2.75) is 33.7 Å². The third kappa shape index (κ3) is 4.03. The minimum absolute atomic E-state index is 0.166. The van der Waals surface area contributed by atoms with Gasteiger partial charge in [0.25, 0.3) is 5.91 Å². The van der Waals surface area contributed by atoms with Crippen LogP contribution in [0.2, 0.25) is 0 Å². The molecule has 0 aliphatic carbocycles. The van der Waals surface area contributed by atoms with Gasteiger partial charge < -0.3 is 14.8 Å². The molecule has 0 atom stereocenters. The van der Waals surface area contributed by atoms with Gasteiger partial charge in [-0.2, -0.15) is 5.10 Å². The first kappa shape index (κ1) is 16.9. The molecule has 0 spiro atoms. The summed E-state index contributed by atoms with van der Waals surface area (Å²) in [4.78, 5) is 12.5. The van der Waals surface area contributed by atoms with E-state index in [-0.39, 0.29) is 11.9 Å². The lowest BCUT2D eigenvalue weighted by Crippen LogP contribution is -2.17. The van der Waals surface area contributed by atoms with Gasteiger partial charge in [-0.05, 0) is 45.9 Å². The van der Waals surface area contributed by atoms with Crippen molar-refractivity contribution in [3.05, 3.63) is 36.0 Å². The van der Waals surface area contributed by atoms with E-state index in [1.165, 1.54) is 0 Å². The first-order chi connectivity index (χ1) is 11.1. The summed E-state index contributed by atoms with van der Waals surface area (Å²) in [6, 6.07) is 7.11. The van der Waals surface area contributed by atoms with E-state index in [9.17, 15) is 4.79 Å². The Morgan fingerprint density at radius 3 is 2.52 bits per heavy atom. The number of aromatic nitrogens is 2. The van der Waals surface area contributed by atoms with Crippen LogP contribution < -0.4 is 14.8 Å². The molecule has 1 aromatic heterocycles. The Hall–Kier alpha value is -2.50. The van der Waals surface area contributed by atoms with E-state index in [1.807, 2.05) is 27.7 Å². The van der Waals surface area contributed by atoms with E-state index in [4.69, 9.17) is 9.47 Å². The molecule has 1 amide bonds. The van der Waals surface area contributed by atoms with E-state index in [0.29, 0.717) is 36.1 Å². The van der Waals surface area contributed by atoms with Crippen LogP contribution in [-0.2, 0) is 0 Å². The predicted molar refractivity (Wildman–Crippen MR) is 89.3 cm³/mol. The SMILES string of the molecule is CCOc1ccc(C(=O)Nc2ccnn2C(C)C)cc1OCC. The van der Waals surface area contributed by atoms with Crippen molar-refractivity contribution in [1.29, 1.82) is 0 Å². The summed E-state index contributed by atoms with van der Waals surface area (Å²) >= 11 is 0. The third-order valence-corrected chi connectivity index (χ3v) is 3.21. The van der Waals surface area contributed by atoms with Crippen molar-refractivity contribution in [2.24, 2.45) is 0 Å². The van der Waals surface area contributed by atoms with Crippen molar-refractivity contribution < 1.29 is 14.3 Å². The molecule has 124 valence electrons. The van der Waals surface area contributed by atoms with E-state index in [0.717, 1.165) is 0 Å². The maximum Gasteiger partial charge on any atom is 0.256 e. The summed E-state index contributed by atoms with van der Waals surface area (Å²) in [5.41, 5.74) is 0.508. The molecule has 6 heteroatoms. The largest absolute Gasteiger partial charge is 0.490 e. The zero-order valence-corrected chi connectivity index (χ0v) is 14.0. The van der Waals surface area contributed by atoms with Gasteiger partial charge in [-0.3, -0.25) is 4.79 Å². The minimum atomic E-state index is -0.212. The molecule has 0 fully saturated rings. The van der Waals surface area contributed by atoms with Crippen LogP contribution in [0.25, 0.3) is 0 Å². The molecule has 2 rings (SSSR count). The van der Waals surface area contributed by atoms with Crippen LogP contribution in [0.3, 0.4) is 0 Å². The number of benzene rings is 1. The van der Waals surface area contributed by atoms with Crippen LogP contribution in [0.15, 0.2) is 30.5 Å². The van der Waals surface area contributed by atoms with Crippen molar-refractivity contribution in [3.63, 3.8) is 0 Å². The van der Waals surface area contributed by atoms with Gasteiger partial charge in [0.15, 0.2) is 11.5 Å². The van der Waals surface area contributed by atoms with E-state index < -0.39 is 0 Å². The summed E-state index contributed by atoms with van der Waals surface area (Å²) in [5, 5.41) is 7.08. The lowest BCUT2D eigenvalue weighted by molar-refractivity contribution is 0.102. The third-order valence-electron chi connectivity index (χ3n) is 3.21. The maximum atomic E-state index is 12.5. The molecule has 0 saturated heterocycles. The lowest BCUT2D eigenvalue weighted by Gasteiger charge is -2.14. The Labute approximate surface area is 136 Å². The van der Waals surface area contributed by atoms with Gasteiger partial charge in [0, 0.05) is 17.7 Å². The topological polar surface area (TPSA) is 65.4 Å². The molecule has 0 bridgehead atoms. The quantitative estimate of drug-likeness (QED) is 0.848. The van der Waals surface area contributed by atoms with Crippen LogP contribution in [0.5, 0.6) is 11.5 Å². The lowest BCUT2D eigenvalue weighted by atomic mass is 10.2. The van der Waals surface area contributed by atoms with Crippen molar-refractivity contribution >= 4 is 11.7 Å². The molecular weight excluding hydrogens is 294 g/mol. The smallest absolute Gasteiger partial charge is 0.256 e. The van der Waals surface area contributed by atoms with Crippen LogP contribution in [0, 0.1) is 0 Å². The fourth-order valence-electron chi connectivity index (χ4n) is 2.21. The number of rotatable bonds is 7. The monoisotopic (exact) mass is 317 g/mol. The molecule has 23 heavy (non-hydrogen) atoms. The summed E-state index contributed by atoms with van der Waals surface area (Å²) in [5.74, 6) is 1.66. The molecule has 1 N–H and O–H groups in total. The van der Waals surface area contributed by atoms with Crippen molar-refractivity contribution in [3.8, 4) is 11.5 Å². The van der Waals surface area contributed by atoms with Crippen LogP contribution in [0.1, 0.15) is 44.1 Å². The summed E-state index contributed by atoms with van der Waals surface area (Å²) in [7, 11) is 0. The number of hydrogen-bond donors (Lipinski definition) is 1. The Kier molecular flexibility index (Phi) is 5.62. The van der Waals surface area contributed by atoms with Gasteiger partial charge in [-0.15, -0.1) is 0 Å². The summed E-state index contributed by atoms with van der Waals surface area (Å²) < 4.78 is 12.8. The van der Waals surface area contributed by atoms with E-state index in [2.05, 4.69) is 10.4 Å². The van der Waals surface area contributed by atoms with Gasteiger partial charge in [-0.25, -0.2) is 4.68 Å². The predicted octanol–water partition coefficient (Wildman–Crippen LogP) is 3.51. The van der Waals surface area contributed by atoms with Gasteiger partial charge >= 0.3 is 0 Å². The van der Waals surface area contributed by atoms with Gasteiger partial charge in [-0.1, -0.05) is 0 Å². The second-order valence-corrected chi connectivity index (χ2v) is 5.24. The highest BCUT2D eigenvalue weighted by atomic mass is 16.5. The number of hydrogen-bond acceptors (Lipinski definition) is 4. The highest BCUT2D eigenvalue weighted by Crippen LogP contribution is 2.29. The number of amides is 1. The van der Waals surface area contributed by atoms with Crippen LogP contribution in [0.4, 0.5) is 5.82 Å². The number of carbonyl (C=O) groups excluding carboxylic acids is 1. The molecule has 2 aromatic rings. The van der Waals surface area contributed by atoms with E-state index in [1.54, 1.807) is 35.1 Å². The second-order valence-electron chi connectivity index (χ2n) is 5.24. The molecular formula is C17H23N3O3. The Bertz CT molecular complexity index is 665. The van der Waals surface area contributed by atoms with Crippen LogP contribution in [-0.4, -0.2) is 28.9 Å². The Balaban J connectivity index is 2.21. The van der Waals surface area contributed by atoms with Gasteiger partial charge in [0.2, 0.25) is 0 Å². The van der Waals surface area contributed by atoms with E-state index >= 15 is 0 Å². The molecule has 0 saturated carbocycles. The minimum Gasteiger partial charge on any atom is -0.490 e. The summed E-state index contributed by atoms with van der Waals surface area (Å²) in [6.07, 6.45) is 1.67. The number of nitrogens with zero attached hydrogens (tertiary/aromatic N) is 2. The molecule has 1 heterocycles. The zero-order chi connectivity index (χ0) is 16.8. The van der Waals surface area contributed by atoms with Crippen molar-refractivity contribution in [1.82, 2.24) is 9.78 Å². The average Bonchev–Trinajstić information content (AvgIpc) is 2.97. The Morgan fingerprint density at radius 1 is 1.17 bits per heavy atom. The maximum absolute atomic E-state index is 12.5. The van der Waals surface area contributed by atoms with Crippen LogP contribution >= 0.6 is 0 Å². The molecule has 0 unspecified atom stereocenters. The van der Waals surface area contributed by atoms with Gasteiger partial charge in [0.1, 0.15) is 5.82 Å². The highest BCUT2D eigenvalue weighted by Gasteiger charge is 2.14. The molecule has 0 aliphatic rings. The van der Waals surface area contributed by atoms with Gasteiger partial charge in [0.05, 0.1) is 19.4 Å². The fourth-order valence-corrected chi connectivity index (χ4v) is 2.21.